The van der Waals surface area contributed by atoms with Gasteiger partial charge in [0.05, 0.1) is 6.54 Å². The van der Waals surface area contributed by atoms with E-state index < -0.39 is 5.41 Å². The largest absolute Gasteiger partial charge is 0.347 e. The predicted octanol–water partition coefficient (Wildman–Crippen LogP) is 1.80. The van der Waals surface area contributed by atoms with Crippen molar-refractivity contribution in [3.63, 3.8) is 0 Å². The van der Waals surface area contributed by atoms with E-state index in [-0.39, 0.29) is 18.4 Å². The van der Waals surface area contributed by atoms with Gasteiger partial charge in [0.25, 0.3) is 0 Å². The zero-order valence-electron chi connectivity index (χ0n) is 11.8. The summed E-state index contributed by atoms with van der Waals surface area (Å²) >= 11 is 0. The van der Waals surface area contributed by atoms with Gasteiger partial charge in [0, 0.05) is 18.5 Å². The van der Waals surface area contributed by atoms with Crippen molar-refractivity contribution in [2.75, 3.05) is 19.6 Å². The molecule has 0 spiro atoms. The molecule has 0 aromatic heterocycles. The van der Waals surface area contributed by atoms with Gasteiger partial charge in [0.15, 0.2) is 0 Å². The highest BCUT2D eigenvalue weighted by molar-refractivity contribution is 5.87. The predicted molar refractivity (Wildman–Crippen MR) is 69.6 cm³/mol. The molecule has 0 saturated heterocycles. The van der Waals surface area contributed by atoms with Gasteiger partial charge in [-0.15, -0.1) is 0 Å². The lowest BCUT2D eigenvalue weighted by molar-refractivity contribution is -0.135. The van der Waals surface area contributed by atoms with Gasteiger partial charge in [0.2, 0.25) is 11.8 Å². The Balaban J connectivity index is 4.18. The zero-order chi connectivity index (χ0) is 13.5. The fourth-order valence-electron chi connectivity index (χ4n) is 1.43. The third-order valence-corrected chi connectivity index (χ3v) is 2.42. The minimum atomic E-state index is -0.444. The van der Waals surface area contributed by atoms with Gasteiger partial charge >= 0.3 is 0 Å². The summed E-state index contributed by atoms with van der Waals surface area (Å²) in [5.41, 5.74) is -0.444. The molecule has 100 valence electrons. The van der Waals surface area contributed by atoms with Crippen LogP contribution in [0.15, 0.2) is 0 Å². The van der Waals surface area contributed by atoms with Crippen LogP contribution in [0, 0.1) is 5.41 Å². The van der Waals surface area contributed by atoms with E-state index in [9.17, 15) is 9.59 Å². The molecule has 0 unspecified atom stereocenters. The van der Waals surface area contributed by atoms with E-state index in [1.807, 2.05) is 39.5 Å². The van der Waals surface area contributed by atoms with Crippen molar-refractivity contribution in [2.24, 2.45) is 5.41 Å². The Morgan fingerprint density at radius 2 is 1.53 bits per heavy atom. The van der Waals surface area contributed by atoms with E-state index in [2.05, 4.69) is 5.32 Å². The molecule has 17 heavy (non-hydrogen) atoms. The van der Waals surface area contributed by atoms with E-state index in [1.165, 1.54) is 0 Å². The van der Waals surface area contributed by atoms with Crippen LogP contribution < -0.4 is 5.32 Å². The second-order valence-corrected chi connectivity index (χ2v) is 5.31. The molecule has 0 aliphatic heterocycles. The van der Waals surface area contributed by atoms with Crippen LogP contribution in [0.25, 0.3) is 0 Å². The van der Waals surface area contributed by atoms with E-state index >= 15 is 0 Å². The van der Waals surface area contributed by atoms with Crippen LogP contribution in [0.4, 0.5) is 0 Å². The smallest absolute Gasteiger partial charge is 0.241 e. The monoisotopic (exact) mass is 242 g/mol. The van der Waals surface area contributed by atoms with Crippen molar-refractivity contribution >= 4 is 11.8 Å². The Labute approximate surface area is 105 Å². The summed E-state index contributed by atoms with van der Waals surface area (Å²) in [4.78, 5) is 25.3. The lowest BCUT2D eigenvalue weighted by atomic mass is 9.96. The van der Waals surface area contributed by atoms with Crippen molar-refractivity contribution in [3.05, 3.63) is 0 Å². The normalized spacial score (nSPS) is 11.1. The lowest BCUT2D eigenvalue weighted by Gasteiger charge is -2.23. The number of rotatable bonds is 6. The average Bonchev–Trinajstić information content (AvgIpc) is 2.23. The number of nitrogens with one attached hydrogen (secondary N) is 1. The Kier molecular flexibility index (Phi) is 6.85. The molecule has 0 aromatic rings. The average molecular weight is 242 g/mol. The molecule has 0 atom stereocenters. The van der Waals surface area contributed by atoms with Crippen LogP contribution in [-0.2, 0) is 9.59 Å². The molecule has 0 heterocycles. The van der Waals surface area contributed by atoms with Crippen LogP contribution in [-0.4, -0.2) is 36.3 Å². The van der Waals surface area contributed by atoms with E-state index in [0.29, 0.717) is 0 Å². The van der Waals surface area contributed by atoms with E-state index in [0.717, 1.165) is 25.9 Å². The van der Waals surface area contributed by atoms with Crippen LogP contribution in [0.3, 0.4) is 0 Å². The Hall–Kier alpha value is -1.06. The second-order valence-electron chi connectivity index (χ2n) is 5.31. The van der Waals surface area contributed by atoms with Crippen molar-refractivity contribution in [3.8, 4) is 0 Å². The molecule has 0 saturated carbocycles. The van der Waals surface area contributed by atoms with Gasteiger partial charge < -0.3 is 10.2 Å². The molecule has 4 nitrogen and oxygen atoms in total. The van der Waals surface area contributed by atoms with Gasteiger partial charge in [-0.25, -0.2) is 0 Å². The summed E-state index contributed by atoms with van der Waals surface area (Å²) in [5, 5.41) is 2.69. The third kappa shape index (κ3) is 6.29. The number of carbonyl (C=O) groups is 2. The highest BCUT2D eigenvalue weighted by Crippen LogP contribution is 2.12. The first-order chi connectivity index (χ1) is 7.82. The molecule has 4 heteroatoms. The summed E-state index contributed by atoms with van der Waals surface area (Å²) in [5.74, 6) is -0.0786. The quantitative estimate of drug-likeness (QED) is 0.772. The minimum Gasteiger partial charge on any atom is -0.347 e. The van der Waals surface area contributed by atoms with Crippen LogP contribution in [0.5, 0.6) is 0 Å². The summed E-state index contributed by atoms with van der Waals surface area (Å²) in [6.07, 6.45) is 1.89. The van der Waals surface area contributed by atoms with E-state index in [4.69, 9.17) is 0 Å². The van der Waals surface area contributed by atoms with E-state index in [1.54, 1.807) is 0 Å². The fourth-order valence-corrected chi connectivity index (χ4v) is 1.43. The molecule has 0 bridgehead atoms. The highest BCUT2D eigenvalue weighted by atomic mass is 16.2. The molecule has 2 amide bonds. The molecule has 0 aliphatic rings. The fraction of sp³-hybridized carbons (Fsp3) is 0.846. The molecule has 0 rings (SSSR count). The van der Waals surface area contributed by atoms with Gasteiger partial charge in [-0.1, -0.05) is 34.6 Å². The maximum Gasteiger partial charge on any atom is 0.241 e. The van der Waals surface area contributed by atoms with Gasteiger partial charge in [-0.05, 0) is 12.8 Å². The molecular weight excluding hydrogens is 216 g/mol. The Morgan fingerprint density at radius 3 is 1.88 bits per heavy atom. The first kappa shape index (κ1) is 15.9. The van der Waals surface area contributed by atoms with Gasteiger partial charge in [0.1, 0.15) is 0 Å². The molecule has 1 N–H and O–H groups in total. The first-order valence-electron chi connectivity index (χ1n) is 6.39. The maximum atomic E-state index is 11.9. The molecule has 0 fully saturated rings. The molecule has 0 aliphatic carbocycles. The summed E-state index contributed by atoms with van der Waals surface area (Å²) in [6, 6.07) is 0. The number of hydrogen-bond acceptors (Lipinski definition) is 2. The molecule has 0 aromatic carbocycles. The number of hydrogen-bond donors (Lipinski definition) is 1. The Bertz CT molecular complexity index is 251. The van der Waals surface area contributed by atoms with Crippen LogP contribution in [0.2, 0.25) is 0 Å². The van der Waals surface area contributed by atoms with Crippen molar-refractivity contribution in [1.82, 2.24) is 10.2 Å². The topological polar surface area (TPSA) is 49.4 Å². The third-order valence-electron chi connectivity index (χ3n) is 2.42. The lowest BCUT2D eigenvalue weighted by Crippen LogP contribution is -2.44. The number of amides is 2. The van der Waals surface area contributed by atoms with Gasteiger partial charge in [-0.2, -0.15) is 0 Å². The SMILES string of the molecule is CCCN(CCC)C(=O)CNC(=O)C(C)(C)C. The molecular formula is C13H26N2O2. The van der Waals surface area contributed by atoms with Crippen molar-refractivity contribution < 1.29 is 9.59 Å². The zero-order valence-corrected chi connectivity index (χ0v) is 11.8. The minimum absolute atomic E-state index is 0.00583. The highest BCUT2D eigenvalue weighted by Gasteiger charge is 2.22. The summed E-state index contributed by atoms with van der Waals surface area (Å²) < 4.78 is 0. The molecule has 0 radical (unpaired) electrons. The van der Waals surface area contributed by atoms with Crippen LogP contribution in [0.1, 0.15) is 47.5 Å². The number of carbonyl (C=O) groups excluding carboxylic acids is 2. The number of nitrogens with zero attached hydrogens (tertiary/aromatic N) is 1. The van der Waals surface area contributed by atoms with Crippen molar-refractivity contribution in [1.29, 1.82) is 0 Å². The first-order valence-corrected chi connectivity index (χ1v) is 6.39. The van der Waals surface area contributed by atoms with Crippen LogP contribution >= 0.6 is 0 Å². The van der Waals surface area contributed by atoms with Gasteiger partial charge in [-0.3, -0.25) is 9.59 Å². The summed E-state index contributed by atoms with van der Waals surface area (Å²) in [7, 11) is 0. The summed E-state index contributed by atoms with van der Waals surface area (Å²) in [6.45, 7) is 11.2. The standard InChI is InChI=1S/C13H26N2O2/c1-6-8-15(9-7-2)11(16)10-14-12(17)13(3,4)5/h6-10H2,1-5H3,(H,14,17). The van der Waals surface area contributed by atoms with Crippen molar-refractivity contribution in [2.45, 2.75) is 47.5 Å². The second kappa shape index (κ2) is 7.30. The maximum absolute atomic E-state index is 11.9. The Morgan fingerprint density at radius 1 is 1.06 bits per heavy atom.